The minimum atomic E-state index is -3.64. The normalized spacial score (nSPS) is 15.3. The molecular formula is C23H22N4O4S. The number of carbonyl (C=O) groups excluding carboxylic acids is 1. The van der Waals surface area contributed by atoms with E-state index >= 15 is 0 Å². The molecule has 5 rings (SSSR count). The fraction of sp³-hybridized carbons (Fsp3) is 0.217. The summed E-state index contributed by atoms with van der Waals surface area (Å²) in [5.74, 6) is 1.14. The van der Waals surface area contributed by atoms with Gasteiger partial charge in [-0.3, -0.25) is 9.89 Å². The molecule has 2 aromatic carbocycles. The zero-order chi connectivity index (χ0) is 22.3. The first-order chi connectivity index (χ1) is 15.4. The van der Waals surface area contributed by atoms with Gasteiger partial charge in [-0.05, 0) is 42.0 Å². The van der Waals surface area contributed by atoms with Gasteiger partial charge < -0.3 is 9.32 Å². The van der Waals surface area contributed by atoms with Crippen molar-refractivity contribution >= 4 is 26.7 Å². The Balaban J connectivity index is 1.28. The number of aromatic amines is 1. The van der Waals surface area contributed by atoms with Crippen LogP contribution in [0.3, 0.4) is 0 Å². The molecule has 164 valence electrons. The number of benzene rings is 2. The van der Waals surface area contributed by atoms with Crippen LogP contribution in [-0.4, -0.2) is 59.9 Å². The summed E-state index contributed by atoms with van der Waals surface area (Å²) >= 11 is 0. The zero-order valence-corrected chi connectivity index (χ0v) is 18.3. The van der Waals surface area contributed by atoms with Gasteiger partial charge >= 0.3 is 0 Å². The van der Waals surface area contributed by atoms with Gasteiger partial charge in [-0.25, -0.2) is 8.42 Å². The van der Waals surface area contributed by atoms with Crippen LogP contribution in [0.5, 0.6) is 0 Å². The van der Waals surface area contributed by atoms with Gasteiger partial charge in [0.2, 0.25) is 10.0 Å². The fourth-order valence-corrected chi connectivity index (χ4v) is 5.37. The van der Waals surface area contributed by atoms with Crippen molar-refractivity contribution < 1.29 is 17.6 Å². The summed E-state index contributed by atoms with van der Waals surface area (Å²) in [6.45, 7) is 2.91. The van der Waals surface area contributed by atoms with Gasteiger partial charge in [0.05, 0.1) is 4.90 Å². The number of aryl methyl sites for hydroxylation is 1. The smallest absolute Gasteiger partial charge is 0.274 e. The maximum Gasteiger partial charge on any atom is 0.274 e. The molecule has 4 aromatic rings. The van der Waals surface area contributed by atoms with Crippen molar-refractivity contribution in [3.05, 3.63) is 72.1 Å². The SMILES string of the molecule is Cc1ccc(-c2cc(C(=O)N3CCN(S(=O)(=O)c4ccc5ccccc5c4)CC3)n[nH]2)o1. The van der Waals surface area contributed by atoms with Crippen LogP contribution in [0.15, 0.2) is 70.0 Å². The highest BCUT2D eigenvalue weighted by atomic mass is 32.2. The molecule has 2 aromatic heterocycles. The molecule has 32 heavy (non-hydrogen) atoms. The average molecular weight is 451 g/mol. The Bertz CT molecular complexity index is 1400. The lowest BCUT2D eigenvalue weighted by Crippen LogP contribution is -2.50. The van der Waals surface area contributed by atoms with Crippen molar-refractivity contribution in [2.24, 2.45) is 0 Å². The predicted molar refractivity (Wildman–Crippen MR) is 120 cm³/mol. The molecule has 1 aliphatic rings. The largest absolute Gasteiger partial charge is 0.460 e. The lowest BCUT2D eigenvalue weighted by molar-refractivity contribution is 0.0692. The minimum absolute atomic E-state index is 0.232. The van der Waals surface area contributed by atoms with Gasteiger partial charge in [-0.2, -0.15) is 9.40 Å². The maximum absolute atomic E-state index is 13.1. The van der Waals surface area contributed by atoms with Gasteiger partial charge in [0, 0.05) is 32.2 Å². The van der Waals surface area contributed by atoms with Crippen LogP contribution < -0.4 is 0 Å². The van der Waals surface area contributed by atoms with E-state index in [2.05, 4.69) is 10.2 Å². The summed E-state index contributed by atoms with van der Waals surface area (Å²) in [5.41, 5.74) is 0.902. The molecule has 1 saturated heterocycles. The number of nitrogens with one attached hydrogen (secondary N) is 1. The first kappa shape index (κ1) is 20.5. The molecule has 1 amide bonds. The van der Waals surface area contributed by atoms with Gasteiger partial charge in [0.1, 0.15) is 11.5 Å². The number of carbonyl (C=O) groups is 1. The molecule has 9 heteroatoms. The molecule has 0 spiro atoms. The van der Waals surface area contributed by atoms with Crippen LogP contribution in [0.1, 0.15) is 16.2 Å². The van der Waals surface area contributed by atoms with Crippen molar-refractivity contribution in [1.82, 2.24) is 19.4 Å². The molecule has 1 N–H and O–H groups in total. The van der Waals surface area contributed by atoms with E-state index in [1.165, 1.54) is 4.31 Å². The van der Waals surface area contributed by atoms with Crippen molar-refractivity contribution in [3.8, 4) is 11.5 Å². The third kappa shape index (κ3) is 3.69. The van der Waals surface area contributed by atoms with Crippen molar-refractivity contribution in [3.63, 3.8) is 0 Å². The second-order valence-corrected chi connectivity index (χ2v) is 9.72. The average Bonchev–Trinajstić information content (AvgIpc) is 3.47. The maximum atomic E-state index is 13.1. The fourth-order valence-electron chi connectivity index (χ4n) is 3.91. The molecule has 0 radical (unpaired) electrons. The second-order valence-electron chi connectivity index (χ2n) is 7.78. The van der Waals surface area contributed by atoms with Gasteiger partial charge in [0.25, 0.3) is 5.91 Å². The summed E-state index contributed by atoms with van der Waals surface area (Å²) in [4.78, 5) is 14.8. The standard InChI is InChI=1S/C23H22N4O4S/c1-16-6-9-22(31-16)20-15-21(25-24-20)23(28)26-10-12-27(13-11-26)32(29,30)19-8-7-17-4-2-3-5-18(17)14-19/h2-9,14-15H,10-13H2,1H3,(H,24,25). The Morgan fingerprint density at radius 3 is 2.44 bits per heavy atom. The highest BCUT2D eigenvalue weighted by Gasteiger charge is 2.31. The number of sulfonamides is 1. The van der Waals surface area contributed by atoms with Crippen LogP contribution in [0.2, 0.25) is 0 Å². The topological polar surface area (TPSA) is 99.5 Å². The summed E-state index contributed by atoms with van der Waals surface area (Å²) in [6, 6.07) is 18.1. The van der Waals surface area contributed by atoms with Crippen LogP contribution in [-0.2, 0) is 10.0 Å². The van der Waals surface area contributed by atoms with Gasteiger partial charge in [-0.15, -0.1) is 0 Å². The monoisotopic (exact) mass is 450 g/mol. The molecule has 0 aliphatic carbocycles. The number of aromatic nitrogens is 2. The molecule has 8 nitrogen and oxygen atoms in total. The summed E-state index contributed by atoms with van der Waals surface area (Å²) in [5, 5.41) is 8.81. The number of hydrogen-bond donors (Lipinski definition) is 1. The van der Waals surface area contributed by atoms with Crippen LogP contribution in [0, 0.1) is 6.92 Å². The Morgan fingerprint density at radius 1 is 0.969 bits per heavy atom. The van der Waals surface area contributed by atoms with E-state index in [0.717, 1.165) is 16.5 Å². The zero-order valence-electron chi connectivity index (χ0n) is 17.5. The molecule has 0 saturated carbocycles. The van der Waals surface area contributed by atoms with Crippen LogP contribution in [0.4, 0.5) is 0 Å². The first-order valence-corrected chi connectivity index (χ1v) is 11.8. The van der Waals surface area contributed by atoms with E-state index in [1.54, 1.807) is 23.1 Å². The molecule has 0 unspecified atom stereocenters. The molecule has 1 fully saturated rings. The van der Waals surface area contributed by atoms with E-state index in [-0.39, 0.29) is 29.6 Å². The third-order valence-corrected chi connectivity index (χ3v) is 7.58. The van der Waals surface area contributed by atoms with Crippen LogP contribution >= 0.6 is 0 Å². The van der Waals surface area contributed by atoms with Crippen molar-refractivity contribution in [1.29, 1.82) is 0 Å². The number of furan rings is 1. The summed E-state index contributed by atoms with van der Waals surface area (Å²) in [7, 11) is -3.64. The van der Waals surface area contributed by atoms with Crippen molar-refractivity contribution in [2.75, 3.05) is 26.2 Å². The van der Waals surface area contributed by atoms with E-state index in [4.69, 9.17) is 4.42 Å². The molecule has 0 bridgehead atoms. The van der Waals surface area contributed by atoms with E-state index in [0.29, 0.717) is 24.5 Å². The number of fused-ring (bicyclic) bond motifs is 1. The predicted octanol–water partition coefficient (Wildman–Crippen LogP) is 3.28. The first-order valence-electron chi connectivity index (χ1n) is 10.3. The minimum Gasteiger partial charge on any atom is -0.460 e. The summed E-state index contributed by atoms with van der Waals surface area (Å²) in [6.07, 6.45) is 0. The van der Waals surface area contributed by atoms with Gasteiger partial charge in [-0.1, -0.05) is 30.3 Å². The number of nitrogens with zero attached hydrogens (tertiary/aromatic N) is 3. The number of amides is 1. The molecule has 1 aliphatic heterocycles. The Kier molecular flexibility index (Phi) is 5.07. The second kappa shape index (κ2) is 7.92. The lowest BCUT2D eigenvalue weighted by atomic mass is 10.1. The van der Waals surface area contributed by atoms with E-state index < -0.39 is 10.0 Å². The van der Waals surface area contributed by atoms with Crippen molar-refractivity contribution in [2.45, 2.75) is 11.8 Å². The third-order valence-electron chi connectivity index (χ3n) is 5.69. The molecule has 0 atom stereocenters. The Labute approximate surface area is 185 Å². The number of H-pyrrole nitrogens is 1. The highest BCUT2D eigenvalue weighted by molar-refractivity contribution is 7.89. The van der Waals surface area contributed by atoms with Gasteiger partial charge in [0.15, 0.2) is 11.5 Å². The summed E-state index contributed by atoms with van der Waals surface area (Å²) < 4.78 is 33.3. The number of piperazine rings is 1. The van der Waals surface area contributed by atoms with Crippen LogP contribution in [0.25, 0.3) is 22.2 Å². The molecular weight excluding hydrogens is 428 g/mol. The Hall–Kier alpha value is -3.43. The number of hydrogen-bond acceptors (Lipinski definition) is 5. The molecule has 3 heterocycles. The quantitative estimate of drug-likeness (QED) is 0.514. The Morgan fingerprint density at radius 2 is 1.72 bits per heavy atom. The van der Waals surface area contributed by atoms with E-state index in [9.17, 15) is 13.2 Å². The number of rotatable bonds is 4. The van der Waals surface area contributed by atoms with E-state index in [1.807, 2.05) is 49.4 Å². The lowest BCUT2D eigenvalue weighted by Gasteiger charge is -2.33. The highest BCUT2D eigenvalue weighted by Crippen LogP contribution is 2.24.